The molecule has 2 N–H and O–H groups in total. The molecule has 218 valence electrons. The standard InChI is InChI=1S/C26H24ClN5O3.C4H10.C2H6/c27-16-4-6-19(7-5-16)32-23-21(22(29-32)24(28)34)26(12-13-26)15-31(25(23)35)18-10-8-17(9-11-18)30-14-2-1-3-20(30)33;1-3-4-2;1-2/h4-11H,1-3,12-15H2,(H2,28,34);3-4H2,1-2H3;1-2H3. The van der Waals surface area contributed by atoms with Crippen LogP contribution in [-0.4, -0.2) is 40.6 Å². The van der Waals surface area contributed by atoms with Gasteiger partial charge in [0.25, 0.3) is 11.8 Å². The van der Waals surface area contributed by atoms with Gasteiger partial charge in [0, 0.05) is 46.9 Å². The van der Waals surface area contributed by atoms with E-state index in [1.54, 1.807) is 34.1 Å². The Balaban J connectivity index is 0.000000596. The lowest BCUT2D eigenvalue weighted by Crippen LogP contribution is -2.45. The molecule has 2 aliphatic heterocycles. The molecule has 6 rings (SSSR count). The van der Waals surface area contributed by atoms with Crippen molar-refractivity contribution in [3.05, 3.63) is 70.5 Å². The van der Waals surface area contributed by atoms with Crippen molar-refractivity contribution in [2.75, 3.05) is 22.9 Å². The summed E-state index contributed by atoms with van der Waals surface area (Å²) in [5.41, 5.74) is 8.72. The van der Waals surface area contributed by atoms with Gasteiger partial charge in [-0.2, -0.15) is 5.10 Å². The van der Waals surface area contributed by atoms with Gasteiger partial charge in [-0.3, -0.25) is 14.4 Å². The number of amides is 3. The number of hydrogen-bond acceptors (Lipinski definition) is 4. The molecule has 1 aliphatic carbocycles. The lowest BCUT2D eigenvalue weighted by molar-refractivity contribution is -0.119. The van der Waals surface area contributed by atoms with E-state index in [1.165, 1.54) is 17.5 Å². The molecule has 41 heavy (non-hydrogen) atoms. The van der Waals surface area contributed by atoms with Crippen LogP contribution < -0.4 is 15.5 Å². The van der Waals surface area contributed by atoms with Gasteiger partial charge in [-0.1, -0.05) is 52.1 Å². The highest BCUT2D eigenvalue weighted by molar-refractivity contribution is 6.30. The summed E-state index contributed by atoms with van der Waals surface area (Å²) in [6.07, 6.45) is 6.80. The first kappa shape index (κ1) is 30.3. The average Bonchev–Trinajstić information content (AvgIpc) is 3.64. The van der Waals surface area contributed by atoms with Crippen molar-refractivity contribution >= 4 is 40.7 Å². The van der Waals surface area contributed by atoms with Crippen LogP contribution in [0.5, 0.6) is 0 Å². The fourth-order valence-electron chi connectivity index (χ4n) is 5.30. The molecular weight excluding hydrogens is 538 g/mol. The molecule has 0 bridgehead atoms. The number of benzene rings is 2. The van der Waals surface area contributed by atoms with E-state index in [0.29, 0.717) is 41.5 Å². The number of primary amides is 1. The minimum absolute atomic E-state index is 0.130. The molecule has 3 aliphatic rings. The minimum Gasteiger partial charge on any atom is -0.364 e. The van der Waals surface area contributed by atoms with E-state index in [1.807, 2.05) is 38.1 Å². The van der Waals surface area contributed by atoms with E-state index >= 15 is 0 Å². The molecule has 0 unspecified atom stereocenters. The fourth-order valence-corrected chi connectivity index (χ4v) is 5.43. The van der Waals surface area contributed by atoms with Gasteiger partial charge >= 0.3 is 0 Å². The van der Waals surface area contributed by atoms with Crippen LogP contribution in [0.2, 0.25) is 5.02 Å². The van der Waals surface area contributed by atoms with E-state index in [9.17, 15) is 14.4 Å². The second kappa shape index (κ2) is 12.9. The van der Waals surface area contributed by atoms with Crippen LogP contribution >= 0.6 is 11.6 Å². The van der Waals surface area contributed by atoms with Crippen molar-refractivity contribution in [3.8, 4) is 5.69 Å². The Morgan fingerprint density at radius 1 is 0.902 bits per heavy atom. The number of aromatic nitrogens is 2. The monoisotopic (exact) mass is 577 g/mol. The molecule has 3 amide bonds. The molecule has 0 radical (unpaired) electrons. The number of piperidine rings is 1. The lowest BCUT2D eigenvalue weighted by atomic mass is 9.88. The Morgan fingerprint density at radius 2 is 1.46 bits per heavy atom. The summed E-state index contributed by atoms with van der Waals surface area (Å²) in [4.78, 5) is 42.1. The van der Waals surface area contributed by atoms with Crippen molar-refractivity contribution in [2.24, 2.45) is 5.73 Å². The Hall–Kier alpha value is -3.65. The molecule has 3 aromatic rings. The van der Waals surface area contributed by atoms with Crippen molar-refractivity contribution in [1.82, 2.24) is 9.78 Å². The molecule has 8 nitrogen and oxygen atoms in total. The van der Waals surface area contributed by atoms with Gasteiger partial charge in [-0.05, 0) is 74.2 Å². The summed E-state index contributed by atoms with van der Waals surface area (Å²) in [6.45, 7) is 9.52. The Morgan fingerprint density at radius 3 is 1.98 bits per heavy atom. The van der Waals surface area contributed by atoms with Crippen LogP contribution in [0, 0.1) is 0 Å². The molecular formula is C32H40ClN5O3. The summed E-state index contributed by atoms with van der Waals surface area (Å²) in [5.74, 6) is -0.753. The number of fused-ring (bicyclic) bond motifs is 2. The largest absolute Gasteiger partial charge is 0.364 e. The fraction of sp³-hybridized carbons (Fsp3) is 0.438. The third-order valence-electron chi connectivity index (χ3n) is 7.78. The summed E-state index contributed by atoms with van der Waals surface area (Å²) in [6, 6.07) is 14.5. The van der Waals surface area contributed by atoms with Crippen LogP contribution in [0.25, 0.3) is 5.69 Å². The van der Waals surface area contributed by atoms with E-state index in [0.717, 1.165) is 37.1 Å². The summed E-state index contributed by atoms with van der Waals surface area (Å²) in [7, 11) is 0. The van der Waals surface area contributed by atoms with Crippen LogP contribution in [-0.2, 0) is 10.2 Å². The smallest absolute Gasteiger partial charge is 0.277 e. The number of carbonyl (C=O) groups is 3. The number of anilines is 2. The highest BCUT2D eigenvalue weighted by Gasteiger charge is 2.56. The van der Waals surface area contributed by atoms with Crippen molar-refractivity contribution in [2.45, 2.75) is 78.1 Å². The van der Waals surface area contributed by atoms with Gasteiger partial charge in [-0.25, -0.2) is 4.68 Å². The molecule has 1 spiro atoms. The van der Waals surface area contributed by atoms with E-state index in [-0.39, 0.29) is 22.9 Å². The molecule has 1 saturated heterocycles. The summed E-state index contributed by atoms with van der Waals surface area (Å²) < 4.78 is 1.51. The molecule has 1 saturated carbocycles. The number of rotatable bonds is 5. The van der Waals surface area contributed by atoms with E-state index in [4.69, 9.17) is 17.3 Å². The number of nitrogens with zero attached hydrogens (tertiary/aromatic N) is 4. The number of hydrogen-bond donors (Lipinski definition) is 1. The van der Waals surface area contributed by atoms with Crippen molar-refractivity contribution in [3.63, 3.8) is 0 Å². The van der Waals surface area contributed by atoms with E-state index < -0.39 is 5.91 Å². The number of unbranched alkanes of at least 4 members (excludes halogenated alkanes) is 1. The zero-order chi connectivity index (χ0) is 29.7. The predicted octanol–water partition coefficient (Wildman–Crippen LogP) is 6.67. The highest BCUT2D eigenvalue weighted by atomic mass is 35.5. The Kier molecular flexibility index (Phi) is 9.53. The Labute approximate surface area is 247 Å². The first-order valence-corrected chi connectivity index (χ1v) is 15.1. The molecule has 1 aromatic heterocycles. The Bertz CT molecular complexity index is 1390. The van der Waals surface area contributed by atoms with Crippen LogP contribution in [0.3, 0.4) is 0 Å². The van der Waals surface area contributed by atoms with E-state index in [2.05, 4.69) is 18.9 Å². The molecule has 9 heteroatoms. The van der Waals surface area contributed by atoms with Gasteiger partial charge in [0.05, 0.1) is 5.69 Å². The van der Waals surface area contributed by atoms with Gasteiger partial charge < -0.3 is 15.5 Å². The van der Waals surface area contributed by atoms with Crippen LogP contribution in [0.15, 0.2) is 48.5 Å². The lowest BCUT2D eigenvalue weighted by Gasteiger charge is -2.34. The minimum atomic E-state index is -0.642. The third-order valence-corrected chi connectivity index (χ3v) is 8.03. The van der Waals surface area contributed by atoms with Gasteiger partial charge in [0.2, 0.25) is 5.91 Å². The summed E-state index contributed by atoms with van der Waals surface area (Å²) >= 11 is 6.06. The zero-order valence-corrected chi connectivity index (χ0v) is 25.2. The highest BCUT2D eigenvalue weighted by Crippen LogP contribution is 2.54. The van der Waals surface area contributed by atoms with Crippen LogP contribution in [0.1, 0.15) is 99.2 Å². The van der Waals surface area contributed by atoms with Crippen molar-refractivity contribution in [1.29, 1.82) is 0 Å². The number of nitrogens with two attached hydrogens (primary N) is 1. The average molecular weight is 578 g/mol. The van der Waals surface area contributed by atoms with Crippen molar-refractivity contribution < 1.29 is 14.4 Å². The molecule has 2 fully saturated rings. The maximum absolute atomic E-state index is 13.9. The number of carbonyl (C=O) groups excluding carboxylic acids is 3. The zero-order valence-electron chi connectivity index (χ0n) is 24.5. The van der Waals surface area contributed by atoms with Gasteiger partial charge in [0.15, 0.2) is 5.69 Å². The topological polar surface area (TPSA) is 102 Å². The predicted molar refractivity (Wildman–Crippen MR) is 164 cm³/mol. The normalized spacial score (nSPS) is 16.8. The molecule has 2 aromatic carbocycles. The second-order valence-corrected chi connectivity index (χ2v) is 11.0. The van der Waals surface area contributed by atoms with Crippen LogP contribution in [0.4, 0.5) is 11.4 Å². The molecule has 3 heterocycles. The maximum atomic E-state index is 13.9. The first-order chi connectivity index (χ1) is 19.8. The quantitative estimate of drug-likeness (QED) is 0.366. The second-order valence-electron chi connectivity index (χ2n) is 10.5. The van der Waals surface area contributed by atoms with Gasteiger partial charge in [-0.15, -0.1) is 0 Å². The summed E-state index contributed by atoms with van der Waals surface area (Å²) in [5, 5.41) is 5.06. The third kappa shape index (κ3) is 6.03. The first-order valence-electron chi connectivity index (χ1n) is 14.7. The SMILES string of the molecule is CC.CCCC.NC(=O)c1nn(-c2ccc(Cl)cc2)c2c1C1(CC1)CN(c1ccc(N3CCCCC3=O)cc1)C2=O. The maximum Gasteiger partial charge on any atom is 0.277 e. The molecule has 0 atom stereocenters. The van der Waals surface area contributed by atoms with Gasteiger partial charge in [0.1, 0.15) is 5.69 Å². The number of halogens is 1.